The lowest BCUT2D eigenvalue weighted by atomic mass is 10.1. The number of rotatable bonds is 4. The van der Waals surface area contributed by atoms with E-state index in [4.69, 9.17) is 4.74 Å². The molecule has 0 saturated carbocycles. The van der Waals surface area contributed by atoms with Crippen molar-refractivity contribution in [2.75, 3.05) is 0 Å². The second-order valence-electron chi connectivity index (χ2n) is 4.73. The maximum Gasteiger partial charge on any atom is 0.129 e. The molecule has 106 valence electrons. The summed E-state index contributed by atoms with van der Waals surface area (Å²) in [5.41, 5.74) is 2.25. The second-order valence-corrected chi connectivity index (χ2v) is 5.64. The predicted octanol–water partition coefficient (Wildman–Crippen LogP) is 4.53. The van der Waals surface area contributed by atoms with Crippen molar-refractivity contribution in [2.45, 2.75) is 26.6 Å². The van der Waals surface area contributed by atoms with Crippen LogP contribution in [0.1, 0.15) is 29.7 Å². The molecule has 0 aromatic heterocycles. The minimum absolute atomic E-state index is 0.167. The van der Waals surface area contributed by atoms with E-state index in [1.807, 2.05) is 19.1 Å². The van der Waals surface area contributed by atoms with Gasteiger partial charge in [-0.25, -0.2) is 4.39 Å². The van der Waals surface area contributed by atoms with Gasteiger partial charge in [0.05, 0.1) is 6.10 Å². The monoisotopic (exact) mass is 338 g/mol. The summed E-state index contributed by atoms with van der Waals surface area (Å²) in [6.07, 6.45) is -0.509. The molecule has 0 fully saturated rings. The van der Waals surface area contributed by atoms with Crippen molar-refractivity contribution in [1.29, 1.82) is 0 Å². The van der Waals surface area contributed by atoms with Crippen LogP contribution in [0.15, 0.2) is 40.9 Å². The van der Waals surface area contributed by atoms with Crippen molar-refractivity contribution in [3.05, 3.63) is 63.4 Å². The first-order valence-electron chi connectivity index (χ1n) is 6.32. The lowest BCUT2D eigenvalue weighted by Gasteiger charge is -2.12. The average Bonchev–Trinajstić information content (AvgIpc) is 2.40. The third kappa shape index (κ3) is 3.58. The first-order valence-corrected chi connectivity index (χ1v) is 7.12. The van der Waals surface area contributed by atoms with Crippen LogP contribution in [-0.4, -0.2) is 5.11 Å². The number of hydrogen-bond acceptors (Lipinski definition) is 2. The second kappa shape index (κ2) is 6.37. The molecular weight excluding hydrogens is 323 g/mol. The Labute approximate surface area is 126 Å². The highest BCUT2D eigenvalue weighted by Crippen LogP contribution is 2.24. The van der Waals surface area contributed by atoms with Crippen LogP contribution >= 0.6 is 15.9 Å². The van der Waals surface area contributed by atoms with Gasteiger partial charge in [0, 0.05) is 10.0 Å². The van der Waals surface area contributed by atoms with E-state index in [0.717, 1.165) is 15.6 Å². The van der Waals surface area contributed by atoms with E-state index < -0.39 is 6.10 Å². The quantitative estimate of drug-likeness (QED) is 0.887. The average molecular weight is 339 g/mol. The van der Waals surface area contributed by atoms with Gasteiger partial charge in [-0.2, -0.15) is 0 Å². The molecule has 2 rings (SSSR count). The molecule has 0 aliphatic carbocycles. The number of aryl methyl sites for hydroxylation is 1. The molecule has 0 spiro atoms. The molecule has 0 radical (unpaired) electrons. The Morgan fingerprint density at radius 2 is 2.00 bits per heavy atom. The van der Waals surface area contributed by atoms with Gasteiger partial charge < -0.3 is 9.84 Å². The minimum atomic E-state index is -0.509. The van der Waals surface area contributed by atoms with Crippen molar-refractivity contribution in [3.8, 4) is 5.75 Å². The summed E-state index contributed by atoms with van der Waals surface area (Å²) in [6, 6.07) is 10.2. The largest absolute Gasteiger partial charge is 0.489 e. The molecule has 2 aromatic rings. The summed E-state index contributed by atoms with van der Waals surface area (Å²) in [5, 5.41) is 9.52. The van der Waals surface area contributed by atoms with E-state index in [1.165, 1.54) is 6.07 Å². The molecule has 1 atom stereocenters. The number of ether oxygens (including phenoxy) is 1. The number of halogens is 2. The van der Waals surface area contributed by atoms with Gasteiger partial charge in [-0.3, -0.25) is 0 Å². The van der Waals surface area contributed by atoms with Crippen LogP contribution in [-0.2, 0) is 6.61 Å². The Hall–Kier alpha value is -1.39. The first-order chi connectivity index (χ1) is 9.47. The lowest BCUT2D eigenvalue weighted by molar-refractivity contribution is 0.199. The smallest absolute Gasteiger partial charge is 0.129 e. The van der Waals surface area contributed by atoms with Crippen molar-refractivity contribution in [2.24, 2.45) is 0 Å². The molecule has 0 aliphatic rings. The molecule has 20 heavy (non-hydrogen) atoms. The summed E-state index contributed by atoms with van der Waals surface area (Å²) < 4.78 is 20.1. The zero-order valence-electron chi connectivity index (χ0n) is 11.4. The summed E-state index contributed by atoms with van der Waals surface area (Å²) in [7, 11) is 0. The molecule has 4 heteroatoms. The highest BCUT2D eigenvalue weighted by atomic mass is 79.9. The molecule has 2 nitrogen and oxygen atoms in total. The highest BCUT2D eigenvalue weighted by molar-refractivity contribution is 9.10. The molecule has 0 saturated heterocycles. The SMILES string of the molecule is Cc1cc([C@H](C)O)ccc1OCc1cc(Br)ccc1F. The van der Waals surface area contributed by atoms with E-state index in [2.05, 4.69) is 15.9 Å². The van der Waals surface area contributed by atoms with Gasteiger partial charge in [0.1, 0.15) is 18.2 Å². The van der Waals surface area contributed by atoms with Crippen molar-refractivity contribution in [1.82, 2.24) is 0 Å². The summed E-state index contributed by atoms with van der Waals surface area (Å²) in [6.45, 7) is 3.78. The molecule has 1 N–H and O–H groups in total. The summed E-state index contributed by atoms with van der Waals surface area (Å²) >= 11 is 3.31. The first kappa shape index (κ1) is 15.0. The van der Waals surface area contributed by atoms with Gasteiger partial charge in [-0.05, 0) is 55.3 Å². The van der Waals surface area contributed by atoms with Gasteiger partial charge >= 0.3 is 0 Å². The summed E-state index contributed by atoms with van der Waals surface area (Å²) in [4.78, 5) is 0. The summed E-state index contributed by atoms with van der Waals surface area (Å²) in [5.74, 6) is 0.403. The van der Waals surface area contributed by atoms with Crippen molar-refractivity contribution in [3.63, 3.8) is 0 Å². The topological polar surface area (TPSA) is 29.5 Å². The van der Waals surface area contributed by atoms with Crippen LogP contribution in [0.25, 0.3) is 0 Å². The Morgan fingerprint density at radius 3 is 2.65 bits per heavy atom. The van der Waals surface area contributed by atoms with E-state index in [-0.39, 0.29) is 12.4 Å². The fraction of sp³-hybridized carbons (Fsp3) is 0.250. The number of aliphatic hydroxyl groups is 1. The molecular formula is C16H16BrFO2. The normalized spacial score (nSPS) is 12.2. The zero-order chi connectivity index (χ0) is 14.7. The van der Waals surface area contributed by atoms with E-state index >= 15 is 0 Å². The molecule has 0 unspecified atom stereocenters. The lowest BCUT2D eigenvalue weighted by Crippen LogP contribution is -2.01. The van der Waals surface area contributed by atoms with Crippen LogP contribution in [0.4, 0.5) is 4.39 Å². The number of aliphatic hydroxyl groups excluding tert-OH is 1. The van der Waals surface area contributed by atoms with Gasteiger partial charge in [0.25, 0.3) is 0 Å². The van der Waals surface area contributed by atoms with Crippen LogP contribution in [0.5, 0.6) is 5.75 Å². The third-order valence-corrected chi connectivity index (χ3v) is 3.57. The van der Waals surface area contributed by atoms with E-state index in [0.29, 0.717) is 11.3 Å². The maximum atomic E-state index is 13.6. The maximum absolute atomic E-state index is 13.6. The van der Waals surface area contributed by atoms with Crippen LogP contribution in [0.3, 0.4) is 0 Å². The number of hydrogen-bond donors (Lipinski definition) is 1. The van der Waals surface area contributed by atoms with Crippen LogP contribution in [0.2, 0.25) is 0 Å². The molecule has 0 bridgehead atoms. The van der Waals surface area contributed by atoms with Crippen molar-refractivity contribution >= 4 is 15.9 Å². The fourth-order valence-electron chi connectivity index (χ4n) is 1.90. The Bertz CT molecular complexity index is 611. The Balaban J connectivity index is 2.13. The van der Waals surface area contributed by atoms with Crippen molar-refractivity contribution < 1.29 is 14.2 Å². The standard InChI is InChI=1S/C16H16BrFO2/c1-10-7-12(11(2)19)3-6-16(10)20-9-13-8-14(17)4-5-15(13)18/h3-8,11,19H,9H2,1-2H3/t11-/m0/s1. The predicted molar refractivity (Wildman–Crippen MR) is 80.2 cm³/mol. The third-order valence-electron chi connectivity index (χ3n) is 3.07. The molecule has 0 heterocycles. The Kier molecular flexibility index (Phi) is 4.78. The van der Waals surface area contributed by atoms with E-state index in [9.17, 15) is 9.50 Å². The van der Waals surface area contributed by atoms with Gasteiger partial charge in [-0.15, -0.1) is 0 Å². The van der Waals surface area contributed by atoms with Gasteiger partial charge in [0.15, 0.2) is 0 Å². The molecule has 2 aromatic carbocycles. The van der Waals surface area contributed by atoms with Gasteiger partial charge in [-0.1, -0.05) is 22.0 Å². The fourth-order valence-corrected chi connectivity index (χ4v) is 2.31. The minimum Gasteiger partial charge on any atom is -0.489 e. The zero-order valence-corrected chi connectivity index (χ0v) is 12.9. The molecule has 0 amide bonds. The number of benzene rings is 2. The van der Waals surface area contributed by atoms with Gasteiger partial charge in [0.2, 0.25) is 0 Å². The Morgan fingerprint density at radius 1 is 1.25 bits per heavy atom. The van der Waals surface area contributed by atoms with Crippen LogP contribution < -0.4 is 4.74 Å². The molecule has 0 aliphatic heterocycles. The van der Waals surface area contributed by atoms with E-state index in [1.54, 1.807) is 25.1 Å². The highest BCUT2D eigenvalue weighted by Gasteiger charge is 2.07. The van der Waals surface area contributed by atoms with Crippen LogP contribution in [0, 0.1) is 12.7 Å².